The molecule has 1 heterocycles. The molecule has 5 nitrogen and oxygen atoms in total. The quantitative estimate of drug-likeness (QED) is 0.853. The van der Waals surface area contributed by atoms with Gasteiger partial charge in [-0.25, -0.2) is 9.69 Å². The minimum atomic E-state index is -0.762. The zero-order valence-corrected chi connectivity index (χ0v) is 12.6. The Balaban J connectivity index is 2.93. The van der Waals surface area contributed by atoms with Crippen molar-refractivity contribution in [3.05, 3.63) is 0 Å². The first-order valence-corrected chi connectivity index (χ1v) is 6.75. The third-order valence-electron chi connectivity index (χ3n) is 3.70. The van der Waals surface area contributed by atoms with Crippen LogP contribution in [0.5, 0.6) is 0 Å². The predicted octanol–water partition coefficient (Wildman–Crippen LogP) is 2.03. The molecular formula is C14H25NO4. The molecule has 0 aromatic carbocycles. The number of aliphatic hydroxyl groups is 1. The number of amides is 2. The van der Waals surface area contributed by atoms with Gasteiger partial charge in [0.05, 0.1) is 18.1 Å². The minimum absolute atomic E-state index is 0.0364. The van der Waals surface area contributed by atoms with Gasteiger partial charge in [-0.3, -0.25) is 4.79 Å². The molecule has 0 saturated carbocycles. The standard InChI is InChI=1S/C14H25NO4/c1-8(2)11(16)9(3)12(17)15-10(14(4,5)6)7-19-13(15)18/h8-11,16H,7H2,1-6H3/t9-,10+,11-/m0/s1. The second-order valence-corrected chi connectivity index (χ2v) is 6.69. The van der Waals surface area contributed by atoms with E-state index in [2.05, 4.69) is 0 Å². The first kappa shape index (κ1) is 16.0. The molecule has 19 heavy (non-hydrogen) atoms. The van der Waals surface area contributed by atoms with Crippen LogP contribution in [0.15, 0.2) is 0 Å². The summed E-state index contributed by atoms with van der Waals surface area (Å²) < 4.78 is 5.00. The van der Waals surface area contributed by atoms with Gasteiger partial charge in [0, 0.05) is 0 Å². The Bertz CT molecular complexity index is 359. The second-order valence-electron chi connectivity index (χ2n) is 6.69. The van der Waals surface area contributed by atoms with Crippen LogP contribution in [0.2, 0.25) is 0 Å². The molecule has 0 aromatic rings. The average Bonchev–Trinajstić information content (AvgIpc) is 2.67. The van der Waals surface area contributed by atoms with E-state index in [1.807, 2.05) is 34.6 Å². The zero-order chi connectivity index (χ0) is 15.0. The molecule has 1 aliphatic heterocycles. The molecule has 0 radical (unpaired) electrons. The van der Waals surface area contributed by atoms with Crippen molar-refractivity contribution >= 4 is 12.0 Å². The highest BCUT2D eigenvalue weighted by Crippen LogP contribution is 2.31. The minimum Gasteiger partial charge on any atom is -0.447 e. The lowest BCUT2D eigenvalue weighted by Crippen LogP contribution is -2.50. The van der Waals surface area contributed by atoms with E-state index in [4.69, 9.17) is 4.74 Å². The highest BCUT2D eigenvalue weighted by molar-refractivity contribution is 5.95. The Morgan fingerprint density at radius 3 is 2.32 bits per heavy atom. The first-order chi connectivity index (χ1) is 8.57. The van der Waals surface area contributed by atoms with E-state index in [0.717, 1.165) is 0 Å². The lowest BCUT2D eigenvalue weighted by Gasteiger charge is -2.33. The molecule has 3 atom stereocenters. The maximum atomic E-state index is 12.4. The highest BCUT2D eigenvalue weighted by atomic mass is 16.6. The van der Waals surface area contributed by atoms with Gasteiger partial charge in [0.1, 0.15) is 6.61 Å². The number of hydrogen-bond donors (Lipinski definition) is 1. The predicted molar refractivity (Wildman–Crippen MR) is 71.4 cm³/mol. The largest absolute Gasteiger partial charge is 0.447 e. The summed E-state index contributed by atoms with van der Waals surface area (Å²) in [5.74, 6) is -1.01. The van der Waals surface area contributed by atoms with Gasteiger partial charge in [-0.2, -0.15) is 0 Å². The van der Waals surface area contributed by atoms with Crippen LogP contribution in [-0.2, 0) is 9.53 Å². The molecule has 1 saturated heterocycles. The molecule has 2 amide bonds. The fourth-order valence-corrected chi connectivity index (χ4v) is 2.25. The second kappa shape index (κ2) is 5.49. The fraction of sp³-hybridized carbons (Fsp3) is 0.857. The number of ether oxygens (including phenoxy) is 1. The van der Waals surface area contributed by atoms with E-state index < -0.39 is 18.1 Å². The maximum Gasteiger partial charge on any atom is 0.417 e. The van der Waals surface area contributed by atoms with Crippen molar-refractivity contribution in [3.63, 3.8) is 0 Å². The molecule has 5 heteroatoms. The van der Waals surface area contributed by atoms with Crippen LogP contribution in [0.3, 0.4) is 0 Å². The molecule has 0 bridgehead atoms. The van der Waals surface area contributed by atoms with Crippen molar-refractivity contribution in [2.75, 3.05) is 6.61 Å². The topological polar surface area (TPSA) is 66.8 Å². The summed E-state index contributed by atoms with van der Waals surface area (Å²) in [4.78, 5) is 25.4. The van der Waals surface area contributed by atoms with Crippen LogP contribution in [0.25, 0.3) is 0 Å². The summed E-state index contributed by atoms with van der Waals surface area (Å²) in [5.41, 5.74) is -0.246. The summed E-state index contributed by atoms with van der Waals surface area (Å²) in [6.07, 6.45) is -1.37. The summed E-state index contributed by atoms with van der Waals surface area (Å²) in [7, 11) is 0. The lowest BCUT2D eigenvalue weighted by atomic mass is 9.85. The van der Waals surface area contributed by atoms with E-state index in [1.54, 1.807) is 6.92 Å². The highest BCUT2D eigenvalue weighted by Gasteiger charge is 2.46. The number of nitrogens with zero attached hydrogens (tertiary/aromatic N) is 1. The van der Waals surface area contributed by atoms with Gasteiger partial charge < -0.3 is 9.84 Å². The van der Waals surface area contributed by atoms with E-state index in [-0.39, 0.29) is 29.9 Å². The fourth-order valence-electron chi connectivity index (χ4n) is 2.25. The Morgan fingerprint density at radius 2 is 1.89 bits per heavy atom. The van der Waals surface area contributed by atoms with Crippen LogP contribution in [0.1, 0.15) is 41.5 Å². The molecule has 1 fully saturated rings. The summed E-state index contributed by atoms with van der Waals surface area (Å²) >= 11 is 0. The Hall–Kier alpha value is -1.10. The van der Waals surface area contributed by atoms with Gasteiger partial charge in [-0.15, -0.1) is 0 Å². The van der Waals surface area contributed by atoms with E-state index in [1.165, 1.54) is 4.90 Å². The first-order valence-electron chi connectivity index (χ1n) is 6.75. The molecule has 1 aliphatic rings. The van der Waals surface area contributed by atoms with Crippen LogP contribution >= 0.6 is 0 Å². The Morgan fingerprint density at radius 1 is 1.37 bits per heavy atom. The maximum absolute atomic E-state index is 12.4. The molecule has 1 rings (SSSR count). The van der Waals surface area contributed by atoms with E-state index in [0.29, 0.717) is 0 Å². The molecule has 0 unspecified atom stereocenters. The van der Waals surface area contributed by atoms with E-state index in [9.17, 15) is 14.7 Å². The smallest absolute Gasteiger partial charge is 0.417 e. The van der Waals surface area contributed by atoms with Crippen LogP contribution in [0, 0.1) is 17.3 Å². The molecule has 0 aliphatic carbocycles. The monoisotopic (exact) mass is 271 g/mol. The van der Waals surface area contributed by atoms with Crippen LogP contribution in [-0.4, -0.2) is 40.8 Å². The van der Waals surface area contributed by atoms with Crippen molar-refractivity contribution in [2.24, 2.45) is 17.3 Å². The number of imide groups is 1. The summed E-state index contributed by atoms with van der Waals surface area (Å²) in [6, 6.07) is -0.283. The van der Waals surface area contributed by atoms with Crippen molar-refractivity contribution < 1.29 is 19.4 Å². The van der Waals surface area contributed by atoms with Gasteiger partial charge in [-0.1, -0.05) is 41.5 Å². The van der Waals surface area contributed by atoms with Crippen LogP contribution in [0.4, 0.5) is 4.79 Å². The van der Waals surface area contributed by atoms with Gasteiger partial charge in [0.2, 0.25) is 5.91 Å². The Labute approximate surface area is 114 Å². The van der Waals surface area contributed by atoms with Crippen molar-refractivity contribution in [1.29, 1.82) is 0 Å². The average molecular weight is 271 g/mol. The number of rotatable bonds is 3. The molecule has 0 aromatic heterocycles. The molecule has 0 spiro atoms. The van der Waals surface area contributed by atoms with E-state index >= 15 is 0 Å². The van der Waals surface area contributed by atoms with Crippen LogP contribution < -0.4 is 0 Å². The Kier molecular flexibility index (Phi) is 4.61. The van der Waals surface area contributed by atoms with Gasteiger partial charge >= 0.3 is 6.09 Å². The molecule has 110 valence electrons. The SMILES string of the molecule is CC(C)[C@H](O)[C@H](C)C(=O)N1C(=O)OC[C@@H]1C(C)(C)C. The van der Waals surface area contributed by atoms with Crippen molar-refractivity contribution in [3.8, 4) is 0 Å². The number of carbonyl (C=O) groups excluding carboxylic acids is 2. The summed E-state index contributed by atoms with van der Waals surface area (Å²) in [6.45, 7) is 11.4. The van der Waals surface area contributed by atoms with Gasteiger partial charge in [0.25, 0.3) is 0 Å². The number of carbonyl (C=O) groups is 2. The number of cyclic esters (lactones) is 1. The molecular weight excluding hydrogens is 246 g/mol. The molecule has 1 N–H and O–H groups in total. The third-order valence-corrected chi connectivity index (χ3v) is 3.70. The number of aliphatic hydroxyl groups excluding tert-OH is 1. The lowest BCUT2D eigenvalue weighted by molar-refractivity contribution is -0.138. The normalized spacial score (nSPS) is 23.5. The van der Waals surface area contributed by atoms with Crippen molar-refractivity contribution in [2.45, 2.75) is 53.7 Å². The summed E-state index contributed by atoms with van der Waals surface area (Å²) in [5, 5.41) is 10.0. The third kappa shape index (κ3) is 3.26. The van der Waals surface area contributed by atoms with Crippen molar-refractivity contribution in [1.82, 2.24) is 4.90 Å². The number of hydrogen-bond acceptors (Lipinski definition) is 4. The van der Waals surface area contributed by atoms with Gasteiger partial charge in [-0.05, 0) is 11.3 Å². The van der Waals surface area contributed by atoms with Gasteiger partial charge in [0.15, 0.2) is 0 Å². The zero-order valence-electron chi connectivity index (χ0n) is 12.6.